The predicted octanol–water partition coefficient (Wildman–Crippen LogP) is 3.89. The van der Waals surface area contributed by atoms with Gasteiger partial charge in [-0.1, -0.05) is 48.5 Å². The Morgan fingerprint density at radius 3 is 2.37 bits per heavy atom. The molecule has 1 unspecified atom stereocenters. The Kier molecular flexibility index (Phi) is 6.28. The van der Waals surface area contributed by atoms with E-state index in [1.807, 2.05) is 62.6 Å². The maximum Gasteiger partial charge on any atom is 0.287 e. The van der Waals surface area contributed by atoms with Crippen LogP contribution in [-0.2, 0) is 6.61 Å². The van der Waals surface area contributed by atoms with Gasteiger partial charge in [-0.3, -0.25) is 4.79 Å². The number of rotatable bonds is 8. The summed E-state index contributed by atoms with van der Waals surface area (Å²) in [5.41, 5.74) is 1.87. The predicted molar refractivity (Wildman–Crippen MR) is 105 cm³/mol. The van der Waals surface area contributed by atoms with Crippen molar-refractivity contribution >= 4 is 5.91 Å². The van der Waals surface area contributed by atoms with Crippen molar-refractivity contribution in [3.8, 4) is 5.75 Å². The minimum absolute atomic E-state index is 0.0779. The van der Waals surface area contributed by atoms with Gasteiger partial charge in [0.1, 0.15) is 12.4 Å². The molecule has 1 aromatic heterocycles. The second-order valence-electron chi connectivity index (χ2n) is 6.48. The Bertz CT molecular complexity index is 844. The molecule has 0 aliphatic rings. The number of benzene rings is 2. The summed E-state index contributed by atoms with van der Waals surface area (Å²) in [6.07, 6.45) is 1.51. The van der Waals surface area contributed by atoms with E-state index in [-0.39, 0.29) is 24.3 Å². The lowest BCUT2D eigenvalue weighted by Crippen LogP contribution is -2.34. The normalized spacial score (nSPS) is 12.0. The van der Waals surface area contributed by atoms with Crippen molar-refractivity contribution in [2.24, 2.45) is 0 Å². The quantitative estimate of drug-likeness (QED) is 0.659. The van der Waals surface area contributed by atoms with Gasteiger partial charge in [0, 0.05) is 12.1 Å². The topological polar surface area (TPSA) is 54.7 Å². The van der Waals surface area contributed by atoms with Gasteiger partial charge < -0.3 is 19.4 Å². The molecule has 2 aromatic carbocycles. The summed E-state index contributed by atoms with van der Waals surface area (Å²) in [7, 11) is 3.99. The second kappa shape index (κ2) is 9.05. The number of para-hydroxylation sites is 1. The van der Waals surface area contributed by atoms with Gasteiger partial charge in [-0.15, -0.1) is 0 Å². The van der Waals surface area contributed by atoms with Crippen LogP contribution in [-0.4, -0.2) is 31.4 Å². The monoisotopic (exact) mass is 364 g/mol. The first-order chi connectivity index (χ1) is 13.1. The minimum atomic E-state index is -0.241. The van der Waals surface area contributed by atoms with E-state index < -0.39 is 0 Å². The van der Waals surface area contributed by atoms with Crippen LogP contribution in [0, 0.1) is 0 Å². The number of nitrogens with zero attached hydrogens (tertiary/aromatic N) is 1. The molecular formula is C22H24N2O3. The lowest BCUT2D eigenvalue weighted by Gasteiger charge is -2.25. The molecule has 3 rings (SSSR count). The summed E-state index contributed by atoms with van der Waals surface area (Å²) in [5, 5.41) is 2.97. The molecule has 0 aliphatic carbocycles. The highest BCUT2D eigenvalue weighted by Gasteiger charge is 2.19. The number of hydrogen-bond donors (Lipinski definition) is 1. The van der Waals surface area contributed by atoms with E-state index >= 15 is 0 Å². The molecule has 140 valence electrons. The summed E-state index contributed by atoms with van der Waals surface area (Å²) in [4.78, 5) is 14.7. The van der Waals surface area contributed by atoms with Gasteiger partial charge in [0.25, 0.3) is 5.91 Å². The molecule has 1 atom stereocenters. The zero-order chi connectivity index (χ0) is 19.1. The summed E-state index contributed by atoms with van der Waals surface area (Å²) in [6.45, 7) is 0.759. The van der Waals surface area contributed by atoms with Gasteiger partial charge in [0.05, 0.1) is 12.3 Å². The second-order valence-corrected chi connectivity index (χ2v) is 6.48. The van der Waals surface area contributed by atoms with Gasteiger partial charge in [0.15, 0.2) is 5.76 Å². The maximum absolute atomic E-state index is 12.6. The van der Waals surface area contributed by atoms with Crippen molar-refractivity contribution in [1.82, 2.24) is 10.2 Å². The average Bonchev–Trinajstić information content (AvgIpc) is 3.16. The molecule has 1 N–H and O–H groups in total. The minimum Gasteiger partial charge on any atom is -0.489 e. The zero-order valence-electron chi connectivity index (χ0n) is 15.6. The molecule has 0 aliphatic heterocycles. The van der Waals surface area contributed by atoms with Gasteiger partial charge in [-0.2, -0.15) is 0 Å². The Labute approximate surface area is 159 Å². The molecule has 0 fully saturated rings. The highest BCUT2D eigenvalue weighted by molar-refractivity contribution is 5.92. The Morgan fingerprint density at radius 2 is 1.70 bits per heavy atom. The van der Waals surface area contributed by atoms with Crippen molar-refractivity contribution in [2.45, 2.75) is 12.6 Å². The summed E-state index contributed by atoms with van der Waals surface area (Å²) in [5.74, 6) is 0.799. The fourth-order valence-electron chi connectivity index (χ4n) is 2.87. The zero-order valence-corrected chi connectivity index (χ0v) is 15.6. The van der Waals surface area contributed by atoms with Crippen LogP contribution < -0.4 is 10.1 Å². The fraction of sp³-hybridized carbons (Fsp3) is 0.227. The summed E-state index contributed by atoms with van der Waals surface area (Å²) >= 11 is 0. The van der Waals surface area contributed by atoms with Crippen molar-refractivity contribution in [1.29, 1.82) is 0 Å². The van der Waals surface area contributed by atoms with Crippen molar-refractivity contribution in [3.63, 3.8) is 0 Å². The first-order valence-electron chi connectivity index (χ1n) is 8.89. The summed E-state index contributed by atoms with van der Waals surface area (Å²) in [6, 6.07) is 21.4. The third-order valence-corrected chi connectivity index (χ3v) is 4.35. The average molecular weight is 364 g/mol. The standard InChI is InChI=1S/C22H24N2O3/c1-24(2)20(17-9-5-3-6-10-17)15-23-22(25)21-18(13-14-26-21)16-27-19-11-7-4-8-12-19/h3-14,20H,15-16H2,1-2H3,(H,23,25). The third kappa shape index (κ3) is 4.99. The van der Waals surface area contributed by atoms with Crippen molar-refractivity contribution in [2.75, 3.05) is 20.6 Å². The molecule has 3 aromatic rings. The first-order valence-corrected chi connectivity index (χ1v) is 8.89. The molecule has 1 heterocycles. The lowest BCUT2D eigenvalue weighted by molar-refractivity contribution is 0.0910. The van der Waals surface area contributed by atoms with E-state index in [0.717, 1.165) is 16.9 Å². The number of carbonyl (C=O) groups is 1. The van der Waals surface area contributed by atoms with Crippen LogP contribution >= 0.6 is 0 Å². The Balaban J connectivity index is 1.62. The van der Waals surface area contributed by atoms with E-state index in [1.54, 1.807) is 6.07 Å². The van der Waals surface area contributed by atoms with E-state index in [0.29, 0.717) is 6.54 Å². The molecule has 1 amide bonds. The summed E-state index contributed by atoms with van der Waals surface area (Å²) < 4.78 is 11.1. The number of carbonyl (C=O) groups excluding carboxylic acids is 1. The van der Waals surface area contributed by atoms with Gasteiger partial charge in [-0.05, 0) is 37.9 Å². The number of ether oxygens (including phenoxy) is 1. The van der Waals surface area contributed by atoms with Gasteiger partial charge in [0.2, 0.25) is 0 Å². The van der Waals surface area contributed by atoms with Crippen LogP contribution in [0.2, 0.25) is 0 Å². The van der Waals surface area contributed by atoms with Crippen LogP contribution in [0.15, 0.2) is 77.4 Å². The largest absolute Gasteiger partial charge is 0.489 e. The van der Waals surface area contributed by atoms with Gasteiger partial charge >= 0.3 is 0 Å². The SMILES string of the molecule is CN(C)C(CNC(=O)c1occc1COc1ccccc1)c1ccccc1. The van der Waals surface area contributed by atoms with Crippen molar-refractivity contribution in [3.05, 3.63) is 89.9 Å². The number of furan rings is 1. The molecule has 27 heavy (non-hydrogen) atoms. The first kappa shape index (κ1) is 18.7. The van der Waals surface area contributed by atoms with Crippen LogP contribution in [0.4, 0.5) is 0 Å². The van der Waals surface area contributed by atoms with E-state index in [9.17, 15) is 4.79 Å². The van der Waals surface area contributed by atoms with E-state index in [2.05, 4.69) is 22.3 Å². The highest BCUT2D eigenvalue weighted by atomic mass is 16.5. The van der Waals surface area contributed by atoms with E-state index in [4.69, 9.17) is 9.15 Å². The fourth-order valence-corrected chi connectivity index (χ4v) is 2.87. The number of likely N-dealkylation sites (N-methyl/N-ethyl adjacent to an activating group) is 1. The molecule has 0 spiro atoms. The molecular weight excluding hydrogens is 340 g/mol. The Hall–Kier alpha value is -3.05. The lowest BCUT2D eigenvalue weighted by atomic mass is 10.1. The molecule has 5 heteroatoms. The molecule has 5 nitrogen and oxygen atoms in total. The molecule has 0 saturated carbocycles. The maximum atomic E-state index is 12.6. The number of amides is 1. The number of hydrogen-bond acceptors (Lipinski definition) is 4. The van der Waals surface area contributed by atoms with E-state index in [1.165, 1.54) is 6.26 Å². The van der Waals surface area contributed by atoms with Crippen LogP contribution in [0.25, 0.3) is 0 Å². The number of nitrogens with one attached hydrogen (secondary N) is 1. The van der Waals surface area contributed by atoms with Crippen molar-refractivity contribution < 1.29 is 13.9 Å². The van der Waals surface area contributed by atoms with Gasteiger partial charge in [-0.25, -0.2) is 0 Å². The van der Waals surface area contributed by atoms with Crippen LogP contribution in [0.5, 0.6) is 5.75 Å². The molecule has 0 bridgehead atoms. The van der Waals surface area contributed by atoms with Crippen LogP contribution in [0.1, 0.15) is 27.7 Å². The Morgan fingerprint density at radius 1 is 1.04 bits per heavy atom. The third-order valence-electron chi connectivity index (χ3n) is 4.35. The highest BCUT2D eigenvalue weighted by Crippen LogP contribution is 2.18. The molecule has 0 saturated heterocycles. The molecule has 0 radical (unpaired) electrons. The smallest absolute Gasteiger partial charge is 0.287 e. The van der Waals surface area contributed by atoms with Crippen LogP contribution in [0.3, 0.4) is 0 Å².